The van der Waals surface area contributed by atoms with E-state index in [0.717, 1.165) is 24.0 Å². The maximum atomic E-state index is 4.02. The molecule has 0 amide bonds. The van der Waals surface area contributed by atoms with Crippen LogP contribution in [0.5, 0.6) is 0 Å². The maximum Gasteiger partial charge on any atom is 0.0945 e. The molecule has 0 fully saturated rings. The lowest BCUT2D eigenvalue weighted by Gasteiger charge is -2.07. The molecule has 0 spiro atoms. The highest BCUT2D eigenvalue weighted by atomic mass is 127. The number of imidazole rings is 1. The molecule has 17 heavy (non-hydrogen) atoms. The van der Waals surface area contributed by atoms with Crippen LogP contribution < -0.4 is 5.32 Å². The van der Waals surface area contributed by atoms with Gasteiger partial charge >= 0.3 is 0 Å². The van der Waals surface area contributed by atoms with Gasteiger partial charge in [0.2, 0.25) is 0 Å². The molecule has 0 bridgehead atoms. The van der Waals surface area contributed by atoms with E-state index in [2.05, 4.69) is 71.6 Å². The molecule has 3 nitrogen and oxygen atoms in total. The zero-order valence-electron chi connectivity index (χ0n) is 9.24. The fourth-order valence-corrected chi connectivity index (χ4v) is 2.28. The summed E-state index contributed by atoms with van der Waals surface area (Å²) in [7, 11) is 0. The van der Waals surface area contributed by atoms with Crippen LogP contribution in [0.15, 0.2) is 41.4 Å². The average molecular weight is 406 g/mol. The van der Waals surface area contributed by atoms with Gasteiger partial charge in [-0.3, -0.25) is 0 Å². The lowest BCUT2D eigenvalue weighted by atomic mass is 10.3. The number of hydrogen-bond donors (Lipinski definition) is 1. The Morgan fingerprint density at radius 1 is 1.41 bits per heavy atom. The minimum absolute atomic E-state index is 0.968. The van der Waals surface area contributed by atoms with Crippen LogP contribution in [0, 0.1) is 3.57 Å². The van der Waals surface area contributed by atoms with Crippen molar-refractivity contribution in [2.75, 3.05) is 11.9 Å². The molecule has 0 aliphatic heterocycles. The molecule has 1 aromatic heterocycles. The molecular weight excluding hydrogens is 393 g/mol. The smallest absolute Gasteiger partial charge is 0.0945 e. The summed E-state index contributed by atoms with van der Waals surface area (Å²) in [5.41, 5.74) is 1.17. The second-order valence-electron chi connectivity index (χ2n) is 3.71. The molecule has 90 valence electrons. The van der Waals surface area contributed by atoms with Gasteiger partial charge in [-0.05, 0) is 63.1 Å². The number of nitrogens with zero attached hydrogens (tertiary/aromatic N) is 2. The van der Waals surface area contributed by atoms with Crippen molar-refractivity contribution in [3.05, 3.63) is 45.0 Å². The van der Waals surface area contributed by atoms with Crippen LogP contribution in [0.1, 0.15) is 6.42 Å². The van der Waals surface area contributed by atoms with Crippen molar-refractivity contribution >= 4 is 44.2 Å². The Morgan fingerprint density at radius 3 is 3.00 bits per heavy atom. The van der Waals surface area contributed by atoms with Gasteiger partial charge < -0.3 is 9.88 Å². The van der Waals surface area contributed by atoms with Gasteiger partial charge in [0.1, 0.15) is 0 Å². The molecule has 2 aromatic rings. The number of halogens is 2. The summed E-state index contributed by atoms with van der Waals surface area (Å²) < 4.78 is 4.46. The highest BCUT2D eigenvalue weighted by Gasteiger charge is 1.98. The van der Waals surface area contributed by atoms with Crippen molar-refractivity contribution in [1.82, 2.24) is 9.55 Å². The zero-order valence-corrected chi connectivity index (χ0v) is 13.0. The Hall–Kier alpha value is -0.560. The first-order valence-corrected chi connectivity index (χ1v) is 7.27. The predicted molar refractivity (Wildman–Crippen MR) is 82.2 cm³/mol. The van der Waals surface area contributed by atoms with Crippen molar-refractivity contribution in [1.29, 1.82) is 0 Å². The van der Waals surface area contributed by atoms with E-state index in [9.17, 15) is 0 Å². The first kappa shape index (κ1) is 12.9. The van der Waals surface area contributed by atoms with Crippen LogP contribution in [0.2, 0.25) is 0 Å². The Bertz CT molecular complexity index is 471. The van der Waals surface area contributed by atoms with Gasteiger partial charge in [0.15, 0.2) is 0 Å². The first-order valence-electron chi connectivity index (χ1n) is 5.40. The largest absolute Gasteiger partial charge is 0.385 e. The predicted octanol–water partition coefficient (Wildman–Crippen LogP) is 3.75. The molecule has 1 aromatic carbocycles. The number of hydrogen-bond acceptors (Lipinski definition) is 2. The standard InChI is InChI=1S/C12H13BrIN3/c13-11-3-2-10(8-12(11)14)16-4-1-6-17-7-5-15-9-17/h2-3,5,7-9,16H,1,4,6H2. The monoisotopic (exact) mass is 405 g/mol. The number of nitrogens with one attached hydrogen (secondary N) is 1. The molecule has 5 heteroatoms. The van der Waals surface area contributed by atoms with Crippen LogP contribution in [-0.2, 0) is 6.54 Å². The van der Waals surface area contributed by atoms with E-state index in [0.29, 0.717) is 0 Å². The highest BCUT2D eigenvalue weighted by Crippen LogP contribution is 2.22. The fourth-order valence-electron chi connectivity index (χ4n) is 1.52. The minimum atomic E-state index is 0.968. The second kappa shape index (κ2) is 6.39. The van der Waals surface area contributed by atoms with E-state index >= 15 is 0 Å². The maximum absolute atomic E-state index is 4.02. The average Bonchev–Trinajstić information content (AvgIpc) is 2.82. The molecule has 0 atom stereocenters. The molecule has 2 rings (SSSR count). The lowest BCUT2D eigenvalue weighted by Crippen LogP contribution is -2.05. The van der Waals surface area contributed by atoms with Gasteiger partial charge in [-0.2, -0.15) is 0 Å². The third-order valence-electron chi connectivity index (χ3n) is 2.40. The highest BCUT2D eigenvalue weighted by molar-refractivity contribution is 14.1. The lowest BCUT2D eigenvalue weighted by molar-refractivity contribution is 0.661. The minimum Gasteiger partial charge on any atom is -0.385 e. The van der Waals surface area contributed by atoms with Gasteiger partial charge in [-0.25, -0.2) is 4.98 Å². The number of aryl methyl sites for hydroxylation is 1. The van der Waals surface area contributed by atoms with Gasteiger partial charge in [0, 0.05) is 39.2 Å². The van der Waals surface area contributed by atoms with E-state index in [1.165, 1.54) is 9.26 Å². The Balaban J connectivity index is 1.76. The Kier molecular flexibility index (Phi) is 4.85. The fraction of sp³-hybridized carbons (Fsp3) is 0.250. The summed E-state index contributed by atoms with van der Waals surface area (Å²) in [6, 6.07) is 6.30. The SMILES string of the molecule is Brc1ccc(NCCCn2ccnc2)cc1I. The summed E-state index contributed by atoms with van der Waals surface area (Å²) in [5, 5.41) is 3.42. The number of anilines is 1. The van der Waals surface area contributed by atoms with Crippen molar-refractivity contribution in [2.45, 2.75) is 13.0 Å². The van der Waals surface area contributed by atoms with Gasteiger partial charge in [-0.1, -0.05) is 0 Å². The molecule has 0 saturated carbocycles. The molecule has 0 saturated heterocycles. The number of aromatic nitrogens is 2. The molecule has 0 unspecified atom stereocenters. The van der Waals surface area contributed by atoms with E-state index in [-0.39, 0.29) is 0 Å². The second-order valence-corrected chi connectivity index (χ2v) is 5.73. The molecular formula is C12H13BrIN3. The van der Waals surface area contributed by atoms with Crippen LogP contribution in [-0.4, -0.2) is 16.1 Å². The third kappa shape index (κ3) is 3.99. The van der Waals surface area contributed by atoms with Crippen LogP contribution in [0.4, 0.5) is 5.69 Å². The summed E-state index contributed by atoms with van der Waals surface area (Å²) in [5.74, 6) is 0. The molecule has 0 radical (unpaired) electrons. The summed E-state index contributed by atoms with van der Waals surface area (Å²) >= 11 is 5.81. The van der Waals surface area contributed by atoms with Crippen molar-refractivity contribution in [3.63, 3.8) is 0 Å². The zero-order chi connectivity index (χ0) is 12.1. The normalized spacial score (nSPS) is 10.5. The van der Waals surface area contributed by atoms with Crippen molar-refractivity contribution in [3.8, 4) is 0 Å². The summed E-state index contributed by atoms with van der Waals surface area (Å²) in [6.45, 7) is 1.97. The Morgan fingerprint density at radius 2 is 2.29 bits per heavy atom. The third-order valence-corrected chi connectivity index (χ3v) is 4.73. The van der Waals surface area contributed by atoms with Crippen molar-refractivity contribution < 1.29 is 0 Å². The number of benzene rings is 1. The van der Waals surface area contributed by atoms with Gasteiger partial charge in [0.25, 0.3) is 0 Å². The molecule has 1 heterocycles. The van der Waals surface area contributed by atoms with Gasteiger partial charge in [0.05, 0.1) is 6.33 Å². The van der Waals surface area contributed by atoms with E-state index < -0.39 is 0 Å². The van der Waals surface area contributed by atoms with Crippen LogP contribution >= 0.6 is 38.5 Å². The van der Waals surface area contributed by atoms with Crippen LogP contribution in [0.25, 0.3) is 0 Å². The topological polar surface area (TPSA) is 29.9 Å². The molecule has 0 aliphatic rings. The van der Waals surface area contributed by atoms with E-state index in [1.807, 2.05) is 18.7 Å². The van der Waals surface area contributed by atoms with E-state index in [1.54, 1.807) is 0 Å². The molecule has 0 aliphatic carbocycles. The Labute approximate surface area is 123 Å². The van der Waals surface area contributed by atoms with Gasteiger partial charge in [-0.15, -0.1) is 0 Å². The van der Waals surface area contributed by atoms with Crippen molar-refractivity contribution in [2.24, 2.45) is 0 Å². The molecule has 1 N–H and O–H groups in total. The first-order chi connectivity index (χ1) is 8.25. The quantitative estimate of drug-likeness (QED) is 0.606. The van der Waals surface area contributed by atoms with E-state index in [4.69, 9.17) is 0 Å². The summed E-state index contributed by atoms with van der Waals surface area (Å²) in [6.07, 6.45) is 6.73. The summed E-state index contributed by atoms with van der Waals surface area (Å²) in [4.78, 5) is 4.02. The van der Waals surface area contributed by atoms with Crippen LogP contribution in [0.3, 0.4) is 0 Å². The number of rotatable bonds is 5.